The fourth-order valence-electron chi connectivity index (χ4n) is 1.40. The molecule has 0 radical (unpaired) electrons. The fourth-order valence-corrected chi connectivity index (χ4v) is 1.40. The average molecular weight is 143 g/mol. The van der Waals surface area contributed by atoms with E-state index in [0.717, 1.165) is 26.1 Å². The van der Waals surface area contributed by atoms with E-state index in [1.807, 2.05) is 0 Å². The van der Waals surface area contributed by atoms with Crippen LogP contribution in [0.5, 0.6) is 0 Å². The summed E-state index contributed by atoms with van der Waals surface area (Å²) in [6.07, 6.45) is 1.10. The van der Waals surface area contributed by atoms with E-state index in [0.29, 0.717) is 5.54 Å². The molecule has 1 fully saturated rings. The molecule has 1 aliphatic heterocycles. The summed E-state index contributed by atoms with van der Waals surface area (Å²) in [7, 11) is 4.24. The van der Waals surface area contributed by atoms with Crippen molar-refractivity contribution in [2.24, 2.45) is 5.73 Å². The highest BCUT2D eigenvalue weighted by molar-refractivity contribution is 5.00. The molecule has 0 aromatic carbocycles. The third-order valence-corrected chi connectivity index (χ3v) is 2.47. The van der Waals surface area contributed by atoms with Crippen LogP contribution >= 0.6 is 0 Å². The van der Waals surface area contributed by atoms with Gasteiger partial charge in [-0.1, -0.05) is 0 Å². The van der Waals surface area contributed by atoms with Gasteiger partial charge in [0, 0.05) is 18.6 Å². The Morgan fingerprint density at radius 3 is 2.20 bits per heavy atom. The maximum absolute atomic E-state index is 5.51. The van der Waals surface area contributed by atoms with Crippen molar-refractivity contribution in [3.05, 3.63) is 0 Å². The van der Waals surface area contributed by atoms with Crippen LogP contribution in [0.15, 0.2) is 0 Å². The Balaban J connectivity index is 2.42. The van der Waals surface area contributed by atoms with Gasteiger partial charge in [-0.3, -0.25) is 0 Å². The van der Waals surface area contributed by atoms with E-state index in [1.54, 1.807) is 0 Å². The zero-order chi connectivity index (χ0) is 7.61. The molecule has 0 amide bonds. The monoisotopic (exact) mass is 143 g/mol. The Hall–Kier alpha value is -0.120. The van der Waals surface area contributed by atoms with E-state index >= 15 is 0 Å². The van der Waals surface area contributed by atoms with E-state index in [4.69, 9.17) is 5.73 Å². The molecular weight excluding hydrogens is 126 g/mol. The Labute approximate surface area is 62.6 Å². The molecule has 3 nitrogen and oxygen atoms in total. The van der Waals surface area contributed by atoms with Gasteiger partial charge in [-0.25, -0.2) is 0 Å². The van der Waals surface area contributed by atoms with Gasteiger partial charge in [-0.05, 0) is 27.1 Å². The molecule has 1 rings (SSSR count). The van der Waals surface area contributed by atoms with Crippen LogP contribution in [0.25, 0.3) is 0 Å². The largest absolute Gasteiger partial charge is 0.330 e. The second kappa shape index (κ2) is 2.86. The number of rotatable bonds is 3. The standard InChI is InChI=1S/C7H17N3/c1-10(2)7(3-4-8)5-9-6-7/h9H,3-6,8H2,1-2H3. The van der Waals surface area contributed by atoms with Crippen molar-refractivity contribution in [2.45, 2.75) is 12.0 Å². The lowest BCUT2D eigenvalue weighted by Crippen LogP contribution is -2.67. The van der Waals surface area contributed by atoms with Crippen LogP contribution in [0.2, 0.25) is 0 Å². The Bertz CT molecular complexity index is 107. The lowest BCUT2D eigenvalue weighted by molar-refractivity contribution is 0.0785. The van der Waals surface area contributed by atoms with E-state index < -0.39 is 0 Å². The first-order valence-electron chi connectivity index (χ1n) is 3.79. The zero-order valence-electron chi connectivity index (χ0n) is 6.85. The second-order valence-electron chi connectivity index (χ2n) is 3.26. The minimum atomic E-state index is 0.370. The van der Waals surface area contributed by atoms with Crippen LogP contribution < -0.4 is 11.1 Å². The second-order valence-corrected chi connectivity index (χ2v) is 3.26. The normalized spacial score (nSPS) is 22.8. The third-order valence-electron chi connectivity index (χ3n) is 2.47. The molecule has 0 saturated carbocycles. The molecule has 60 valence electrons. The van der Waals surface area contributed by atoms with E-state index in [2.05, 4.69) is 24.3 Å². The number of nitrogens with one attached hydrogen (secondary N) is 1. The highest BCUT2D eigenvalue weighted by Gasteiger charge is 2.37. The van der Waals surface area contributed by atoms with Crippen molar-refractivity contribution >= 4 is 0 Å². The van der Waals surface area contributed by atoms with Gasteiger partial charge < -0.3 is 16.0 Å². The van der Waals surface area contributed by atoms with Crippen LogP contribution in [-0.2, 0) is 0 Å². The molecule has 1 saturated heterocycles. The van der Waals surface area contributed by atoms with Crippen molar-refractivity contribution in [3.63, 3.8) is 0 Å². The highest BCUT2D eigenvalue weighted by atomic mass is 15.2. The Morgan fingerprint density at radius 1 is 1.50 bits per heavy atom. The number of hydrogen-bond donors (Lipinski definition) is 2. The lowest BCUT2D eigenvalue weighted by atomic mass is 9.87. The number of nitrogens with zero attached hydrogens (tertiary/aromatic N) is 1. The van der Waals surface area contributed by atoms with Crippen molar-refractivity contribution in [1.82, 2.24) is 10.2 Å². The molecule has 3 N–H and O–H groups in total. The molecule has 0 spiro atoms. The van der Waals surface area contributed by atoms with Crippen molar-refractivity contribution in [1.29, 1.82) is 0 Å². The van der Waals surface area contributed by atoms with Crippen LogP contribution in [0.4, 0.5) is 0 Å². The third kappa shape index (κ3) is 1.17. The van der Waals surface area contributed by atoms with Crippen LogP contribution in [0.3, 0.4) is 0 Å². The quantitative estimate of drug-likeness (QED) is 0.545. The van der Waals surface area contributed by atoms with Gasteiger partial charge >= 0.3 is 0 Å². The molecule has 0 aromatic rings. The minimum Gasteiger partial charge on any atom is -0.330 e. The van der Waals surface area contributed by atoms with E-state index in [9.17, 15) is 0 Å². The van der Waals surface area contributed by atoms with E-state index in [1.165, 1.54) is 0 Å². The predicted octanol–water partition coefficient (Wildman–Crippen LogP) is -0.761. The molecule has 0 aromatic heterocycles. The maximum atomic E-state index is 5.51. The average Bonchev–Trinajstić information content (AvgIpc) is 1.77. The van der Waals surface area contributed by atoms with Gasteiger partial charge in [0.05, 0.1) is 0 Å². The van der Waals surface area contributed by atoms with Crippen LogP contribution in [-0.4, -0.2) is 44.2 Å². The lowest BCUT2D eigenvalue weighted by Gasteiger charge is -2.47. The molecule has 0 bridgehead atoms. The molecular formula is C7H17N3. The molecule has 3 heteroatoms. The maximum Gasteiger partial charge on any atom is 0.0464 e. The van der Waals surface area contributed by atoms with E-state index in [-0.39, 0.29) is 0 Å². The van der Waals surface area contributed by atoms with Gasteiger partial charge in [-0.15, -0.1) is 0 Å². The number of nitrogens with two attached hydrogens (primary N) is 1. The smallest absolute Gasteiger partial charge is 0.0464 e. The van der Waals surface area contributed by atoms with Gasteiger partial charge in [0.2, 0.25) is 0 Å². The minimum absolute atomic E-state index is 0.370. The SMILES string of the molecule is CN(C)C1(CCN)CNC1. The molecule has 1 aliphatic rings. The molecule has 10 heavy (non-hydrogen) atoms. The Kier molecular flexibility index (Phi) is 2.28. The summed E-state index contributed by atoms with van der Waals surface area (Å²) >= 11 is 0. The highest BCUT2D eigenvalue weighted by Crippen LogP contribution is 2.20. The first kappa shape index (κ1) is 7.98. The summed E-state index contributed by atoms with van der Waals surface area (Å²) in [5.74, 6) is 0. The van der Waals surface area contributed by atoms with Gasteiger partial charge in [-0.2, -0.15) is 0 Å². The summed E-state index contributed by atoms with van der Waals surface area (Å²) < 4.78 is 0. The Morgan fingerprint density at radius 2 is 2.10 bits per heavy atom. The molecule has 0 unspecified atom stereocenters. The summed E-state index contributed by atoms with van der Waals surface area (Å²) in [6, 6.07) is 0. The first-order chi connectivity index (χ1) is 4.71. The summed E-state index contributed by atoms with van der Waals surface area (Å²) in [4.78, 5) is 2.27. The number of hydrogen-bond acceptors (Lipinski definition) is 3. The molecule has 0 aliphatic carbocycles. The van der Waals surface area contributed by atoms with Gasteiger partial charge in [0.15, 0.2) is 0 Å². The summed E-state index contributed by atoms with van der Waals surface area (Å²) in [6.45, 7) is 2.98. The first-order valence-corrected chi connectivity index (χ1v) is 3.79. The zero-order valence-corrected chi connectivity index (χ0v) is 6.85. The number of likely N-dealkylation sites (N-methyl/N-ethyl adjacent to an activating group) is 1. The summed E-state index contributed by atoms with van der Waals surface area (Å²) in [5.41, 5.74) is 5.88. The van der Waals surface area contributed by atoms with Crippen LogP contribution in [0.1, 0.15) is 6.42 Å². The van der Waals surface area contributed by atoms with Crippen LogP contribution in [0, 0.1) is 0 Å². The van der Waals surface area contributed by atoms with Gasteiger partial charge in [0.25, 0.3) is 0 Å². The topological polar surface area (TPSA) is 41.3 Å². The van der Waals surface area contributed by atoms with Crippen molar-refractivity contribution < 1.29 is 0 Å². The van der Waals surface area contributed by atoms with Crippen molar-refractivity contribution in [2.75, 3.05) is 33.7 Å². The predicted molar refractivity (Wildman–Crippen MR) is 43.0 cm³/mol. The fraction of sp³-hybridized carbons (Fsp3) is 1.00. The summed E-state index contributed by atoms with van der Waals surface area (Å²) in [5, 5.41) is 3.27. The molecule has 1 heterocycles. The molecule has 0 atom stereocenters. The van der Waals surface area contributed by atoms with Crippen molar-refractivity contribution in [3.8, 4) is 0 Å². The van der Waals surface area contributed by atoms with Gasteiger partial charge in [0.1, 0.15) is 0 Å².